The van der Waals surface area contributed by atoms with Crippen LogP contribution >= 0.6 is 0 Å². The van der Waals surface area contributed by atoms with E-state index in [1.165, 1.54) is 11.2 Å². The van der Waals surface area contributed by atoms with Crippen molar-refractivity contribution in [1.29, 1.82) is 0 Å². The summed E-state index contributed by atoms with van der Waals surface area (Å²) in [6.45, 7) is 2.25. The lowest BCUT2D eigenvalue weighted by atomic mass is 10.1. The topological polar surface area (TPSA) is 84.9 Å². The van der Waals surface area contributed by atoms with Gasteiger partial charge in [0.25, 0.3) is 0 Å². The molecule has 0 unspecified atom stereocenters. The van der Waals surface area contributed by atoms with Crippen LogP contribution in [-0.4, -0.2) is 58.7 Å². The van der Waals surface area contributed by atoms with E-state index in [1.54, 1.807) is 20.3 Å². The van der Waals surface area contributed by atoms with Crippen molar-refractivity contribution < 1.29 is 22.7 Å². The number of benzene rings is 1. The van der Waals surface area contributed by atoms with Crippen molar-refractivity contribution in [2.24, 2.45) is 0 Å². The van der Waals surface area contributed by atoms with E-state index in [1.807, 2.05) is 12.1 Å². The van der Waals surface area contributed by atoms with E-state index in [4.69, 9.17) is 9.47 Å². The van der Waals surface area contributed by atoms with Gasteiger partial charge >= 0.3 is 0 Å². The van der Waals surface area contributed by atoms with Crippen molar-refractivity contribution in [3.63, 3.8) is 0 Å². The molecule has 1 amide bonds. The highest BCUT2D eigenvalue weighted by Gasteiger charge is 2.16. The van der Waals surface area contributed by atoms with Crippen molar-refractivity contribution in [2.45, 2.75) is 13.3 Å². The second-order valence-electron chi connectivity index (χ2n) is 5.08. The number of nitrogens with zero attached hydrogens (tertiary/aromatic N) is 1. The monoisotopic (exact) mass is 344 g/mol. The van der Waals surface area contributed by atoms with E-state index in [9.17, 15) is 13.2 Å². The van der Waals surface area contributed by atoms with Gasteiger partial charge in [-0.3, -0.25) is 4.79 Å². The van der Waals surface area contributed by atoms with Crippen LogP contribution in [0.4, 0.5) is 0 Å². The largest absolute Gasteiger partial charge is 0.493 e. The lowest BCUT2D eigenvalue weighted by Gasteiger charge is -2.20. The third-order valence-electron chi connectivity index (χ3n) is 3.30. The molecule has 130 valence electrons. The highest BCUT2D eigenvalue weighted by Crippen LogP contribution is 2.27. The maximum absolute atomic E-state index is 11.8. The highest BCUT2D eigenvalue weighted by atomic mass is 32.2. The molecule has 0 spiro atoms. The van der Waals surface area contributed by atoms with Gasteiger partial charge in [0.2, 0.25) is 15.9 Å². The molecule has 0 heterocycles. The van der Waals surface area contributed by atoms with Crippen LogP contribution in [0.15, 0.2) is 18.2 Å². The van der Waals surface area contributed by atoms with Crippen molar-refractivity contribution in [1.82, 2.24) is 9.62 Å². The van der Waals surface area contributed by atoms with Gasteiger partial charge in [-0.1, -0.05) is 6.07 Å². The molecule has 0 aliphatic rings. The summed E-state index contributed by atoms with van der Waals surface area (Å²) >= 11 is 0. The maximum Gasteiger partial charge on any atom is 0.216 e. The van der Waals surface area contributed by atoms with E-state index < -0.39 is 10.0 Å². The van der Waals surface area contributed by atoms with Crippen molar-refractivity contribution in [2.75, 3.05) is 40.1 Å². The average Bonchev–Trinajstić information content (AvgIpc) is 2.48. The second-order valence-corrected chi connectivity index (χ2v) is 7.07. The van der Waals surface area contributed by atoms with Gasteiger partial charge in [0.1, 0.15) is 0 Å². The zero-order valence-electron chi connectivity index (χ0n) is 14.0. The highest BCUT2D eigenvalue weighted by molar-refractivity contribution is 7.88. The lowest BCUT2D eigenvalue weighted by molar-refractivity contribution is -0.118. The Labute approximate surface area is 137 Å². The third kappa shape index (κ3) is 6.45. The van der Waals surface area contributed by atoms with Gasteiger partial charge in [0.15, 0.2) is 11.5 Å². The fourth-order valence-electron chi connectivity index (χ4n) is 2.09. The first-order valence-electron chi connectivity index (χ1n) is 7.18. The summed E-state index contributed by atoms with van der Waals surface area (Å²) in [6.07, 6.45) is 1.70. The quantitative estimate of drug-likeness (QED) is 0.711. The summed E-state index contributed by atoms with van der Waals surface area (Å²) in [5, 5.41) is 2.60. The molecule has 0 fully saturated rings. The SMILES string of the molecule is COc1ccc(CCN(CCNC(C)=O)S(C)(=O)=O)cc1OC. The van der Waals surface area contributed by atoms with Crippen LogP contribution in [0, 0.1) is 0 Å². The van der Waals surface area contributed by atoms with Gasteiger partial charge in [-0.25, -0.2) is 12.7 Å². The van der Waals surface area contributed by atoms with E-state index in [0.717, 1.165) is 11.8 Å². The molecule has 0 atom stereocenters. The summed E-state index contributed by atoms with van der Waals surface area (Å²) < 4.78 is 35.4. The molecule has 0 saturated heterocycles. The van der Waals surface area contributed by atoms with Crippen LogP contribution in [0.25, 0.3) is 0 Å². The lowest BCUT2D eigenvalue weighted by Crippen LogP contribution is -2.38. The molecule has 0 bridgehead atoms. The Bertz CT molecular complexity index is 631. The predicted molar refractivity (Wildman–Crippen MR) is 88.4 cm³/mol. The molecule has 0 aliphatic carbocycles. The average molecular weight is 344 g/mol. The Balaban J connectivity index is 2.72. The standard InChI is InChI=1S/C15H24N2O5S/c1-12(18)16-8-10-17(23(4,19)20)9-7-13-5-6-14(21-2)15(11-13)22-3/h5-6,11H,7-10H2,1-4H3,(H,16,18). The number of methoxy groups -OCH3 is 2. The molecule has 0 aliphatic heterocycles. The van der Waals surface area contributed by atoms with Gasteiger partial charge in [-0.15, -0.1) is 0 Å². The molecular weight excluding hydrogens is 320 g/mol. The van der Waals surface area contributed by atoms with Gasteiger partial charge < -0.3 is 14.8 Å². The van der Waals surface area contributed by atoms with Crippen LogP contribution < -0.4 is 14.8 Å². The molecule has 0 radical (unpaired) electrons. The minimum absolute atomic E-state index is 0.182. The van der Waals surface area contributed by atoms with Gasteiger partial charge in [0, 0.05) is 26.6 Å². The molecule has 0 aromatic heterocycles. The first-order valence-corrected chi connectivity index (χ1v) is 9.03. The van der Waals surface area contributed by atoms with E-state index in [-0.39, 0.29) is 19.0 Å². The molecule has 1 N–H and O–H groups in total. The Morgan fingerprint density at radius 1 is 1.17 bits per heavy atom. The van der Waals surface area contributed by atoms with Crippen LogP contribution in [-0.2, 0) is 21.2 Å². The van der Waals surface area contributed by atoms with E-state index in [2.05, 4.69) is 5.32 Å². The van der Waals surface area contributed by atoms with Crippen LogP contribution in [0.1, 0.15) is 12.5 Å². The molecule has 1 aromatic rings. The number of sulfonamides is 1. The Morgan fingerprint density at radius 3 is 2.35 bits per heavy atom. The zero-order valence-corrected chi connectivity index (χ0v) is 14.8. The predicted octanol–water partition coefficient (Wildman–Crippen LogP) is 0.644. The van der Waals surface area contributed by atoms with E-state index >= 15 is 0 Å². The Kier molecular flexibility index (Phi) is 7.31. The van der Waals surface area contributed by atoms with Gasteiger partial charge in [-0.05, 0) is 24.1 Å². The molecule has 7 nitrogen and oxygen atoms in total. The van der Waals surface area contributed by atoms with Crippen LogP contribution in [0.5, 0.6) is 11.5 Å². The van der Waals surface area contributed by atoms with Gasteiger partial charge in [-0.2, -0.15) is 0 Å². The number of carbonyl (C=O) groups excluding carboxylic acids is 1. The summed E-state index contributed by atoms with van der Waals surface area (Å²) in [4.78, 5) is 10.9. The first-order chi connectivity index (χ1) is 10.8. The normalized spacial score (nSPS) is 11.3. The maximum atomic E-state index is 11.8. The molecule has 0 saturated carbocycles. The number of rotatable bonds is 9. The number of carbonyl (C=O) groups is 1. The van der Waals surface area contributed by atoms with Crippen molar-refractivity contribution in [3.05, 3.63) is 23.8 Å². The van der Waals surface area contributed by atoms with Gasteiger partial charge in [0.05, 0.1) is 20.5 Å². The van der Waals surface area contributed by atoms with E-state index in [0.29, 0.717) is 24.5 Å². The van der Waals surface area contributed by atoms with Crippen molar-refractivity contribution in [3.8, 4) is 11.5 Å². The fraction of sp³-hybridized carbons (Fsp3) is 0.533. The Morgan fingerprint density at radius 2 is 1.83 bits per heavy atom. The molecular formula is C15H24N2O5S. The smallest absolute Gasteiger partial charge is 0.216 e. The molecule has 23 heavy (non-hydrogen) atoms. The van der Waals surface area contributed by atoms with Crippen LogP contribution in [0.2, 0.25) is 0 Å². The Hall–Kier alpha value is -1.80. The first kappa shape index (κ1) is 19.2. The van der Waals surface area contributed by atoms with Crippen LogP contribution in [0.3, 0.4) is 0 Å². The number of hydrogen-bond donors (Lipinski definition) is 1. The summed E-state index contributed by atoms with van der Waals surface area (Å²) in [5.41, 5.74) is 0.941. The zero-order chi connectivity index (χ0) is 17.5. The minimum atomic E-state index is -3.34. The molecule has 8 heteroatoms. The molecule has 1 rings (SSSR count). The number of amides is 1. The number of nitrogens with one attached hydrogen (secondary N) is 1. The van der Waals surface area contributed by atoms with Crippen molar-refractivity contribution >= 4 is 15.9 Å². The fourth-order valence-corrected chi connectivity index (χ4v) is 2.94. The summed E-state index contributed by atoms with van der Waals surface area (Å²) in [7, 11) is -0.222. The minimum Gasteiger partial charge on any atom is -0.493 e. The second kappa shape index (κ2) is 8.73. The third-order valence-corrected chi connectivity index (χ3v) is 4.61. The number of hydrogen-bond acceptors (Lipinski definition) is 5. The molecule has 1 aromatic carbocycles. The summed E-state index contributed by atoms with van der Waals surface area (Å²) in [6, 6.07) is 5.49. The number of ether oxygens (including phenoxy) is 2. The summed E-state index contributed by atoms with van der Waals surface area (Å²) in [5.74, 6) is 1.05.